The van der Waals surface area contributed by atoms with Crippen LogP contribution in [0.4, 0.5) is 0 Å². The molecule has 1 aromatic carbocycles. The molecule has 1 atom stereocenters. The highest BCUT2D eigenvalue weighted by atomic mass is 16.7. The van der Waals surface area contributed by atoms with Gasteiger partial charge < -0.3 is 19.6 Å². The topological polar surface area (TPSA) is 59.2 Å². The van der Waals surface area contributed by atoms with Gasteiger partial charge in [0.25, 0.3) is 0 Å². The molecule has 6 heteroatoms. The second kappa shape index (κ2) is 7.78. The summed E-state index contributed by atoms with van der Waals surface area (Å²) in [6.45, 7) is 13.4. The number of aromatic amines is 1. The highest BCUT2D eigenvalue weighted by molar-refractivity contribution is 6.62. The zero-order valence-corrected chi connectivity index (χ0v) is 17.4. The molecule has 4 rings (SSSR count). The van der Waals surface area contributed by atoms with Crippen molar-refractivity contribution in [2.75, 3.05) is 6.54 Å². The number of rotatable bonds is 3. The summed E-state index contributed by atoms with van der Waals surface area (Å²) in [5.74, 6) is 1.03. The summed E-state index contributed by atoms with van der Waals surface area (Å²) < 4.78 is 12.2. The molecule has 1 unspecified atom stereocenters. The van der Waals surface area contributed by atoms with Gasteiger partial charge in [-0.3, -0.25) is 0 Å². The fourth-order valence-corrected chi connectivity index (χ4v) is 3.38. The van der Waals surface area contributed by atoms with Gasteiger partial charge in [-0.1, -0.05) is 38.1 Å². The Bertz CT molecular complexity index is 733. The van der Waals surface area contributed by atoms with Crippen LogP contribution in [0, 0.1) is 0 Å². The van der Waals surface area contributed by atoms with E-state index < -0.39 is 0 Å². The van der Waals surface area contributed by atoms with E-state index in [0.29, 0.717) is 6.04 Å². The molecule has 2 aliphatic heterocycles. The lowest BCUT2D eigenvalue weighted by Crippen LogP contribution is -2.41. The molecule has 0 amide bonds. The third kappa shape index (κ3) is 3.98. The third-order valence-corrected chi connectivity index (χ3v) is 5.73. The Hall–Kier alpha value is -1.63. The molecule has 5 nitrogen and oxygen atoms in total. The molecule has 146 valence electrons. The van der Waals surface area contributed by atoms with Crippen LogP contribution in [0.5, 0.6) is 0 Å². The van der Waals surface area contributed by atoms with Crippen LogP contribution in [0.3, 0.4) is 0 Å². The second-order valence-electron chi connectivity index (χ2n) is 8.04. The van der Waals surface area contributed by atoms with Crippen molar-refractivity contribution >= 4 is 12.6 Å². The van der Waals surface area contributed by atoms with E-state index >= 15 is 0 Å². The van der Waals surface area contributed by atoms with Crippen molar-refractivity contribution in [3.63, 3.8) is 0 Å². The summed E-state index contributed by atoms with van der Waals surface area (Å²) in [6, 6.07) is 8.70. The van der Waals surface area contributed by atoms with E-state index in [2.05, 4.69) is 67.2 Å². The molecule has 3 heterocycles. The SMILES string of the molecule is CC.CC1(C)OB(c2ccc(-c3cnc(C4CCCN4)[nH]3)cc2)OC1(C)C. The van der Waals surface area contributed by atoms with Crippen LogP contribution in [0.2, 0.25) is 0 Å². The van der Waals surface area contributed by atoms with Crippen molar-refractivity contribution < 1.29 is 9.31 Å². The molecule has 2 aromatic rings. The molecule has 0 spiro atoms. The maximum absolute atomic E-state index is 6.12. The van der Waals surface area contributed by atoms with Crippen molar-refractivity contribution in [1.29, 1.82) is 0 Å². The van der Waals surface area contributed by atoms with E-state index in [1.54, 1.807) is 0 Å². The third-order valence-electron chi connectivity index (χ3n) is 5.73. The van der Waals surface area contributed by atoms with Gasteiger partial charge in [0.2, 0.25) is 0 Å². The Balaban J connectivity index is 0.00000102. The Morgan fingerprint density at radius 2 is 1.67 bits per heavy atom. The summed E-state index contributed by atoms with van der Waals surface area (Å²) in [5, 5.41) is 3.47. The van der Waals surface area contributed by atoms with Crippen LogP contribution in [-0.4, -0.2) is 34.8 Å². The van der Waals surface area contributed by atoms with Crippen LogP contribution in [0.1, 0.15) is 66.3 Å². The average molecular weight is 369 g/mol. The van der Waals surface area contributed by atoms with Crippen molar-refractivity contribution in [1.82, 2.24) is 15.3 Å². The van der Waals surface area contributed by atoms with Gasteiger partial charge in [-0.2, -0.15) is 0 Å². The smallest absolute Gasteiger partial charge is 0.399 e. The van der Waals surface area contributed by atoms with E-state index in [-0.39, 0.29) is 18.3 Å². The molecular weight excluding hydrogens is 337 g/mol. The maximum Gasteiger partial charge on any atom is 0.494 e. The predicted molar refractivity (Wildman–Crippen MR) is 111 cm³/mol. The van der Waals surface area contributed by atoms with Crippen LogP contribution in [-0.2, 0) is 9.31 Å². The first-order valence-electron chi connectivity index (χ1n) is 10.1. The molecule has 2 fully saturated rings. The lowest BCUT2D eigenvalue weighted by Gasteiger charge is -2.32. The molecule has 0 saturated carbocycles. The summed E-state index contributed by atoms with van der Waals surface area (Å²) in [7, 11) is -0.320. The monoisotopic (exact) mass is 369 g/mol. The van der Waals surface area contributed by atoms with E-state index in [9.17, 15) is 0 Å². The highest BCUT2D eigenvalue weighted by Crippen LogP contribution is 2.36. The minimum absolute atomic E-state index is 0.317. The second-order valence-corrected chi connectivity index (χ2v) is 8.04. The standard InChI is InChI=1S/C19H26BN3O2.C2H6/c1-18(2)19(3,4)25-20(24-18)14-9-7-13(8-10-14)16-12-22-17(23-16)15-6-5-11-21-15;1-2/h7-10,12,15,21H,5-6,11H2,1-4H3,(H,22,23);1-2H3. The molecule has 2 N–H and O–H groups in total. The first-order chi connectivity index (χ1) is 12.9. The van der Waals surface area contributed by atoms with E-state index in [1.165, 1.54) is 6.42 Å². The number of nitrogens with zero attached hydrogens (tertiary/aromatic N) is 1. The molecule has 0 bridgehead atoms. The first kappa shape index (κ1) is 20.1. The molecule has 0 radical (unpaired) electrons. The summed E-state index contributed by atoms with van der Waals surface area (Å²) in [6.07, 6.45) is 4.27. The number of benzene rings is 1. The van der Waals surface area contributed by atoms with E-state index in [0.717, 1.165) is 35.5 Å². The highest BCUT2D eigenvalue weighted by Gasteiger charge is 2.51. The quantitative estimate of drug-likeness (QED) is 0.808. The van der Waals surface area contributed by atoms with Gasteiger partial charge >= 0.3 is 7.12 Å². The molecular formula is C21H32BN3O2. The predicted octanol–water partition coefficient (Wildman–Crippen LogP) is 3.83. The van der Waals surface area contributed by atoms with Crippen LogP contribution >= 0.6 is 0 Å². The Morgan fingerprint density at radius 1 is 1.04 bits per heavy atom. The Morgan fingerprint density at radius 3 is 2.22 bits per heavy atom. The molecule has 2 saturated heterocycles. The molecule has 2 aliphatic rings. The molecule has 27 heavy (non-hydrogen) atoms. The van der Waals surface area contributed by atoms with Crippen LogP contribution in [0.15, 0.2) is 30.5 Å². The zero-order valence-electron chi connectivity index (χ0n) is 17.4. The van der Waals surface area contributed by atoms with Gasteiger partial charge in [0.1, 0.15) is 5.82 Å². The lowest BCUT2D eigenvalue weighted by molar-refractivity contribution is 0.00578. The number of hydrogen-bond donors (Lipinski definition) is 2. The maximum atomic E-state index is 6.12. The number of hydrogen-bond acceptors (Lipinski definition) is 4. The summed E-state index contributed by atoms with van der Waals surface area (Å²) >= 11 is 0. The Kier molecular flexibility index (Phi) is 5.80. The zero-order chi connectivity index (χ0) is 19.7. The van der Waals surface area contributed by atoms with E-state index in [1.807, 2.05) is 20.0 Å². The van der Waals surface area contributed by atoms with Crippen molar-refractivity contribution in [2.24, 2.45) is 0 Å². The molecule has 1 aromatic heterocycles. The van der Waals surface area contributed by atoms with Crippen molar-refractivity contribution in [3.8, 4) is 11.3 Å². The van der Waals surface area contributed by atoms with Gasteiger partial charge in [0.15, 0.2) is 0 Å². The lowest BCUT2D eigenvalue weighted by atomic mass is 9.79. The van der Waals surface area contributed by atoms with Gasteiger partial charge in [0, 0.05) is 0 Å². The van der Waals surface area contributed by atoms with Gasteiger partial charge in [-0.15, -0.1) is 0 Å². The first-order valence-corrected chi connectivity index (χ1v) is 10.1. The summed E-state index contributed by atoms with van der Waals surface area (Å²) in [5.41, 5.74) is 2.58. The number of aromatic nitrogens is 2. The van der Waals surface area contributed by atoms with Crippen molar-refractivity contribution in [3.05, 3.63) is 36.3 Å². The Labute approximate surface area is 163 Å². The fraction of sp³-hybridized carbons (Fsp3) is 0.571. The molecule has 0 aliphatic carbocycles. The average Bonchev–Trinajstić information content (AvgIpc) is 3.37. The van der Waals surface area contributed by atoms with Gasteiger partial charge in [-0.25, -0.2) is 4.98 Å². The minimum Gasteiger partial charge on any atom is -0.399 e. The van der Waals surface area contributed by atoms with E-state index in [4.69, 9.17) is 9.31 Å². The fourth-order valence-electron chi connectivity index (χ4n) is 3.38. The normalized spacial score (nSPS) is 23.2. The summed E-state index contributed by atoms with van der Waals surface area (Å²) in [4.78, 5) is 8.00. The van der Waals surface area contributed by atoms with Gasteiger partial charge in [0.05, 0.1) is 29.1 Å². The number of H-pyrrole nitrogens is 1. The van der Waals surface area contributed by atoms with Crippen LogP contribution in [0.25, 0.3) is 11.3 Å². The minimum atomic E-state index is -0.320. The van der Waals surface area contributed by atoms with Gasteiger partial charge in [-0.05, 0) is 58.1 Å². The van der Waals surface area contributed by atoms with Crippen LogP contribution < -0.4 is 10.8 Å². The number of imidazole rings is 1. The van der Waals surface area contributed by atoms with Crippen molar-refractivity contribution in [2.45, 2.75) is 71.6 Å². The number of nitrogens with one attached hydrogen (secondary N) is 2. The largest absolute Gasteiger partial charge is 0.494 e.